The Morgan fingerprint density at radius 1 is 1.58 bits per heavy atom. The zero-order valence-corrected chi connectivity index (χ0v) is 13.3. The van der Waals surface area contributed by atoms with E-state index in [9.17, 15) is 13.5 Å². The van der Waals surface area contributed by atoms with Gasteiger partial charge in [-0.15, -0.1) is 0 Å². The van der Waals surface area contributed by atoms with Gasteiger partial charge < -0.3 is 9.67 Å². The van der Waals surface area contributed by atoms with Gasteiger partial charge in [0.25, 0.3) is 10.0 Å². The lowest BCUT2D eigenvalue weighted by atomic mass is 10.1. The van der Waals surface area contributed by atoms with E-state index < -0.39 is 15.6 Å². The Bertz CT molecular complexity index is 523. The molecule has 0 aliphatic rings. The molecule has 1 aromatic heterocycles. The molecule has 1 rings (SSSR count). The third-order valence-electron chi connectivity index (χ3n) is 2.67. The first-order valence-electron chi connectivity index (χ1n) is 5.96. The van der Waals surface area contributed by atoms with E-state index in [1.165, 1.54) is 18.0 Å². The summed E-state index contributed by atoms with van der Waals surface area (Å²) in [5, 5.41) is 9.95. The van der Waals surface area contributed by atoms with E-state index in [1.807, 2.05) is 13.2 Å². The molecule has 0 fully saturated rings. The molecule has 0 aliphatic carbocycles. The van der Waals surface area contributed by atoms with Gasteiger partial charge in [0, 0.05) is 25.0 Å². The summed E-state index contributed by atoms with van der Waals surface area (Å²) in [5.74, 6) is 1.11. The van der Waals surface area contributed by atoms with Gasteiger partial charge in [-0.2, -0.15) is 11.8 Å². The Hall–Kier alpha value is -0.570. The van der Waals surface area contributed by atoms with Crippen molar-refractivity contribution in [2.45, 2.75) is 37.9 Å². The molecule has 0 saturated carbocycles. The van der Waals surface area contributed by atoms with E-state index in [2.05, 4.69) is 9.71 Å². The van der Waals surface area contributed by atoms with Gasteiger partial charge in [0.2, 0.25) is 0 Å². The van der Waals surface area contributed by atoms with Crippen molar-refractivity contribution in [3.63, 3.8) is 0 Å². The van der Waals surface area contributed by atoms with E-state index in [4.69, 9.17) is 0 Å². The van der Waals surface area contributed by atoms with Crippen LogP contribution in [0.25, 0.3) is 0 Å². The van der Waals surface area contributed by atoms with Gasteiger partial charge >= 0.3 is 0 Å². The Kier molecular flexibility index (Phi) is 5.43. The summed E-state index contributed by atoms with van der Waals surface area (Å²) in [5.41, 5.74) is -1.07. The number of rotatable bonds is 7. The highest BCUT2D eigenvalue weighted by Crippen LogP contribution is 2.12. The molecule has 1 atom stereocenters. The van der Waals surface area contributed by atoms with Crippen LogP contribution in [0.4, 0.5) is 0 Å². The van der Waals surface area contributed by atoms with Gasteiger partial charge in [-0.25, -0.2) is 18.1 Å². The van der Waals surface area contributed by atoms with E-state index in [1.54, 1.807) is 18.4 Å². The van der Waals surface area contributed by atoms with Crippen molar-refractivity contribution in [1.82, 2.24) is 14.3 Å². The van der Waals surface area contributed by atoms with Crippen LogP contribution >= 0.6 is 11.8 Å². The van der Waals surface area contributed by atoms with Crippen LogP contribution in [0.2, 0.25) is 0 Å². The predicted octanol–water partition coefficient (Wildman–Crippen LogP) is 0.604. The minimum atomic E-state index is -3.67. The Morgan fingerprint density at radius 2 is 2.21 bits per heavy atom. The van der Waals surface area contributed by atoms with Gasteiger partial charge in [-0.05, 0) is 27.0 Å². The van der Waals surface area contributed by atoms with E-state index in [0.29, 0.717) is 18.1 Å². The second kappa shape index (κ2) is 6.25. The quantitative estimate of drug-likeness (QED) is 0.771. The minimum Gasteiger partial charge on any atom is -0.388 e. The maximum absolute atomic E-state index is 12.1. The first kappa shape index (κ1) is 16.5. The van der Waals surface area contributed by atoms with Gasteiger partial charge in [0.05, 0.1) is 5.60 Å². The molecule has 0 spiro atoms. The molecule has 0 aliphatic heterocycles. The lowest BCUT2D eigenvalue weighted by Crippen LogP contribution is -2.42. The second-order valence-electron chi connectivity index (χ2n) is 4.67. The molecule has 0 aromatic carbocycles. The summed E-state index contributed by atoms with van der Waals surface area (Å²) in [6.07, 6.45) is 3.36. The Labute approximate surface area is 118 Å². The summed E-state index contributed by atoms with van der Waals surface area (Å²) in [6, 6.07) is 0. The summed E-state index contributed by atoms with van der Waals surface area (Å²) < 4.78 is 28.3. The molecule has 1 unspecified atom stereocenters. The first-order chi connectivity index (χ1) is 8.72. The minimum absolute atomic E-state index is 0.00759. The van der Waals surface area contributed by atoms with Crippen molar-refractivity contribution in [2.24, 2.45) is 0 Å². The second-order valence-corrected chi connectivity index (χ2v) is 7.25. The van der Waals surface area contributed by atoms with Crippen molar-refractivity contribution < 1.29 is 13.5 Å². The summed E-state index contributed by atoms with van der Waals surface area (Å²) >= 11 is 1.46. The summed E-state index contributed by atoms with van der Waals surface area (Å²) in [4.78, 5) is 4.03. The fraction of sp³-hybridized carbons (Fsp3) is 0.727. The third-order valence-corrected chi connectivity index (χ3v) is 4.85. The molecule has 2 N–H and O–H groups in total. The maximum Gasteiger partial charge on any atom is 0.259 e. The number of aryl methyl sites for hydroxylation is 2. The SMILES string of the molecule is CCn1cc(S(=O)(=O)NCC(C)(O)CSC)nc1C. The first-order valence-corrected chi connectivity index (χ1v) is 8.84. The van der Waals surface area contributed by atoms with Crippen LogP contribution in [0.3, 0.4) is 0 Å². The zero-order valence-electron chi connectivity index (χ0n) is 11.7. The van der Waals surface area contributed by atoms with Crippen molar-refractivity contribution in [2.75, 3.05) is 18.6 Å². The molecule has 8 heteroatoms. The fourth-order valence-electron chi connectivity index (χ4n) is 1.62. The number of nitrogens with one attached hydrogen (secondary N) is 1. The molecule has 19 heavy (non-hydrogen) atoms. The average molecular weight is 307 g/mol. The molecule has 6 nitrogen and oxygen atoms in total. The molecule has 1 heterocycles. The van der Waals surface area contributed by atoms with Crippen LogP contribution in [0.1, 0.15) is 19.7 Å². The number of sulfonamides is 1. The van der Waals surface area contributed by atoms with Crippen LogP contribution in [0.5, 0.6) is 0 Å². The van der Waals surface area contributed by atoms with Gasteiger partial charge in [-0.1, -0.05) is 0 Å². The van der Waals surface area contributed by atoms with E-state index in [-0.39, 0.29) is 11.6 Å². The highest BCUT2D eigenvalue weighted by Gasteiger charge is 2.25. The number of hydrogen-bond acceptors (Lipinski definition) is 5. The molecule has 1 aromatic rings. The maximum atomic E-state index is 12.1. The van der Waals surface area contributed by atoms with Crippen molar-refractivity contribution in [1.29, 1.82) is 0 Å². The van der Waals surface area contributed by atoms with E-state index >= 15 is 0 Å². The largest absolute Gasteiger partial charge is 0.388 e. The number of hydrogen-bond donors (Lipinski definition) is 2. The van der Waals surface area contributed by atoms with Crippen LogP contribution in [-0.2, 0) is 16.6 Å². The third kappa shape index (κ3) is 4.48. The molecule has 0 radical (unpaired) electrons. The molecule has 0 amide bonds. The average Bonchev–Trinajstić information content (AvgIpc) is 2.69. The van der Waals surface area contributed by atoms with Gasteiger partial charge in [0.1, 0.15) is 5.82 Å². The monoisotopic (exact) mass is 307 g/mol. The number of thioether (sulfide) groups is 1. The van der Waals surface area contributed by atoms with Gasteiger partial charge in [-0.3, -0.25) is 0 Å². The normalized spacial score (nSPS) is 15.4. The highest BCUT2D eigenvalue weighted by molar-refractivity contribution is 7.98. The Morgan fingerprint density at radius 3 is 2.68 bits per heavy atom. The smallest absolute Gasteiger partial charge is 0.259 e. The number of aromatic nitrogens is 2. The number of aliphatic hydroxyl groups is 1. The number of nitrogens with zero attached hydrogens (tertiary/aromatic N) is 2. The van der Waals surface area contributed by atoms with Crippen LogP contribution in [-0.4, -0.2) is 47.2 Å². The summed E-state index contributed by atoms with van der Waals surface area (Å²) in [6.45, 7) is 5.91. The molecule has 110 valence electrons. The van der Waals surface area contributed by atoms with Gasteiger partial charge in [0.15, 0.2) is 5.03 Å². The molecule has 0 saturated heterocycles. The Balaban J connectivity index is 2.81. The summed E-state index contributed by atoms with van der Waals surface area (Å²) in [7, 11) is -3.67. The predicted molar refractivity (Wildman–Crippen MR) is 76.8 cm³/mol. The highest BCUT2D eigenvalue weighted by atomic mass is 32.2. The van der Waals surface area contributed by atoms with E-state index in [0.717, 1.165) is 0 Å². The zero-order chi connectivity index (χ0) is 14.7. The lowest BCUT2D eigenvalue weighted by molar-refractivity contribution is 0.0908. The fourth-order valence-corrected chi connectivity index (χ4v) is 3.51. The molecular weight excluding hydrogens is 286 g/mol. The van der Waals surface area contributed by atoms with Crippen LogP contribution in [0, 0.1) is 6.92 Å². The number of imidazole rings is 1. The van der Waals surface area contributed by atoms with Crippen LogP contribution in [0.15, 0.2) is 11.2 Å². The topological polar surface area (TPSA) is 84.2 Å². The van der Waals surface area contributed by atoms with Crippen molar-refractivity contribution in [3.8, 4) is 0 Å². The van der Waals surface area contributed by atoms with Crippen molar-refractivity contribution in [3.05, 3.63) is 12.0 Å². The molecule has 0 bridgehead atoms. The van der Waals surface area contributed by atoms with Crippen LogP contribution < -0.4 is 4.72 Å². The standard InChI is InChI=1S/C11H21N3O3S2/c1-5-14-6-10(13-9(14)2)19(16,17)12-7-11(3,15)8-18-4/h6,12,15H,5,7-8H2,1-4H3. The molecular formula is C11H21N3O3S2. The van der Waals surface area contributed by atoms with Crippen molar-refractivity contribution >= 4 is 21.8 Å². The lowest BCUT2D eigenvalue weighted by Gasteiger charge is -2.22.